The Hall–Kier alpha value is -2.02. The summed E-state index contributed by atoms with van der Waals surface area (Å²) in [4.78, 5) is 24.5. The van der Waals surface area contributed by atoms with Crippen LogP contribution in [-0.4, -0.2) is 285 Å². The first-order valence-corrected chi connectivity index (χ1v) is 22.4. The number of nitrogens with one attached hydrogen (secondary N) is 2. The molecular formula is C40H70N2O26. The second-order valence-electron chi connectivity index (χ2n) is 18.2. The number of aliphatic hydroxyl groups excluding tert-OH is 17. The molecule has 0 aromatic heterocycles. The van der Waals surface area contributed by atoms with Crippen LogP contribution >= 0.6 is 0 Å². The van der Waals surface area contributed by atoms with Crippen LogP contribution < -0.4 is 10.6 Å². The van der Waals surface area contributed by atoms with Crippen LogP contribution in [0.25, 0.3) is 0 Å². The lowest BCUT2D eigenvalue weighted by molar-refractivity contribution is -0.353. The van der Waals surface area contributed by atoms with E-state index in [4.69, 9.17) is 33.2 Å². The number of amides is 2. The van der Waals surface area contributed by atoms with Gasteiger partial charge in [-0.05, 0) is 6.42 Å². The van der Waals surface area contributed by atoms with E-state index >= 15 is 0 Å². The Kier molecular flexibility index (Phi) is 20.6. The third kappa shape index (κ3) is 12.4. The van der Waals surface area contributed by atoms with Gasteiger partial charge < -0.3 is 131 Å². The van der Waals surface area contributed by atoms with Gasteiger partial charge in [0, 0.05) is 38.2 Å². The van der Waals surface area contributed by atoms with Crippen molar-refractivity contribution in [3.8, 4) is 0 Å². The molecule has 2 amide bonds. The van der Waals surface area contributed by atoms with Crippen molar-refractivity contribution in [1.29, 1.82) is 0 Å². The zero-order chi connectivity index (χ0) is 50.6. The molecule has 1 saturated carbocycles. The average Bonchev–Trinajstić information content (AvgIpc) is 3.94. The molecule has 28 heteroatoms. The van der Waals surface area contributed by atoms with Crippen molar-refractivity contribution in [2.75, 3.05) is 39.6 Å². The highest BCUT2D eigenvalue weighted by Gasteiger charge is 2.59. The van der Waals surface area contributed by atoms with E-state index in [0.717, 1.165) is 13.8 Å². The minimum atomic E-state index is -2.38. The summed E-state index contributed by atoms with van der Waals surface area (Å²) in [7, 11) is 0. The van der Waals surface area contributed by atoms with E-state index < -0.39 is 228 Å². The van der Waals surface area contributed by atoms with Crippen molar-refractivity contribution in [1.82, 2.24) is 10.6 Å². The number of rotatable bonds is 21. The molecular weight excluding hydrogens is 924 g/mol. The average molecular weight is 995 g/mol. The van der Waals surface area contributed by atoms with Crippen LogP contribution in [0.5, 0.6) is 0 Å². The van der Waals surface area contributed by atoms with E-state index in [1.165, 1.54) is 6.92 Å². The largest absolute Gasteiger partial charge is 0.396 e. The Morgan fingerprint density at radius 2 is 1.09 bits per heavy atom. The van der Waals surface area contributed by atoms with Crippen LogP contribution in [0.4, 0.5) is 0 Å². The van der Waals surface area contributed by atoms with Crippen molar-refractivity contribution >= 4 is 11.8 Å². The number of hydrogen-bond donors (Lipinski definition) is 19. The van der Waals surface area contributed by atoms with Crippen molar-refractivity contribution in [3.63, 3.8) is 0 Å². The zero-order valence-electron chi connectivity index (χ0n) is 37.4. The molecule has 0 spiro atoms. The monoisotopic (exact) mass is 994 g/mol. The highest BCUT2D eigenvalue weighted by atomic mass is 16.7. The molecule has 5 aliphatic rings. The van der Waals surface area contributed by atoms with Crippen LogP contribution in [0.2, 0.25) is 0 Å². The SMILES string of the molecule is CC(=O)NC1C(O)C(O)C(CO)OC1C1C(OCC2OC(OC3C(O)C3CO)C(O)C(O[C@@H](O)C(C[C@@H]3O[C@@H](CO)C(O)C(O)C3NC(C)=O)C(O)C(O)[C@@H](C)CO)C2O)OC(CO)C(O)C1O. The van der Waals surface area contributed by atoms with Crippen LogP contribution in [0.3, 0.4) is 0 Å². The Morgan fingerprint density at radius 3 is 1.63 bits per heavy atom. The Morgan fingerprint density at radius 1 is 0.559 bits per heavy atom. The molecule has 68 heavy (non-hydrogen) atoms. The summed E-state index contributed by atoms with van der Waals surface area (Å²) >= 11 is 0. The Labute approximate surface area is 389 Å². The van der Waals surface area contributed by atoms with Crippen molar-refractivity contribution in [2.45, 2.75) is 174 Å². The summed E-state index contributed by atoms with van der Waals surface area (Å²) in [6, 6.07) is -3.02. The maximum absolute atomic E-state index is 12.3. The molecule has 1 aliphatic carbocycles. The van der Waals surface area contributed by atoms with E-state index in [2.05, 4.69) is 10.6 Å². The fraction of sp³-hybridized carbons (Fsp3) is 0.950. The van der Waals surface area contributed by atoms with Crippen molar-refractivity contribution in [3.05, 3.63) is 0 Å². The predicted octanol–water partition coefficient (Wildman–Crippen LogP) is -11.1. The minimum Gasteiger partial charge on any atom is -0.396 e. The fourth-order valence-corrected chi connectivity index (χ4v) is 9.32. The summed E-state index contributed by atoms with van der Waals surface area (Å²) in [6.45, 7) is -1.28. The standard InChI is InChI=1S/C40H70N2O26/c1-11(5-43)24(50)25(51)14(4-16-22(41-12(2)48)32(58)28(54)17(7-45)63-16)38(61)67-37-30(56)20(66-40(34(37)60)68-35-15(6-44)26(35)52)10-62-39-21(31(57)27(53)19(9-47)65-39)36-23(42-13(3)49)33(59)29(55)18(8-46)64-36/h11,14-40,43-47,50-61H,4-10H2,1-3H3,(H,41,48)(H,42,49)/t11-,14?,15?,16-,17-,18?,19?,20?,21?,22?,23?,24?,25?,26?,27?,28?,29?,30?,31?,32?,33?,34?,35?,36?,37?,38+,39?,40?/m0/s1. The molecule has 4 saturated heterocycles. The second-order valence-corrected chi connectivity index (χ2v) is 18.2. The molecule has 0 aromatic carbocycles. The van der Waals surface area contributed by atoms with Gasteiger partial charge in [-0.2, -0.15) is 0 Å². The minimum absolute atomic E-state index is 0.575. The van der Waals surface area contributed by atoms with Gasteiger partial charge in [0.2, 0.25) is 11.8 Å². The zero-order valence-corrected chi connectivity index (χ0v) is 37.4. The molecule has 5 fully saturated rings. The molecule has 4 heterocycles. The van der Waals surface area contributed by atoms with Gasteiger partial charge in [-0.3, -0.25) is 9.59 Å². The molecule has 5 rings (SSSR count). The molecule has 28 nitrogen and oxygen atoms in total. The number of ether oxygens (including phenoxy) is 7. The lowest BCUT2D eigenvalue weighted by atomic mass is 9.79. The van der Waals surface area contributed by atoms with E-state index in [1.807, 2.05) is 0 Å². The summed E-state index contributed by atoms with van der Waals surface area (Å²) in [5.41, 5.74) is 0. The Bertz CT molecular complexity index is 1590. The van der Waals surface area contributed by atoms with Gasteiger partial charge in [-0.1, -0.05) is 6.92 Å². The molecule has 0 radical (unpaired) electrons. The van der Waals surface area contributed by atoms with E-state index in [-0.39, 0.29) is 0 Å². The molecule has 19 N–H and O–H groups in total. The predicted molar refractivity (Wildman–Crippen MR) is 217 cm³/mol. The fourth-order valence-electron chi connectivity index (χ4n) is 9.32. The third-order valence-corrected chi connectivity index (χ3v) is 13.5. The van der Waals surface area contributed by atoms with Crippen molar-refractivity contribution < 1.29 is 130 Å². The topological polar surface area (TPSA) is 467 Å². The number of carbonyl (C=O) groups excluding carboxylic acids is 2. The van der Waals surface area contributed by atoms with Gasteiger partial charge >= 0.3 is 0 Å². The molecule has 0 aromatic rings. The molecule has 396 valence electrons. The van der Waals surface area contributed by atoms with Gasteiger partial charge in [0.05, 0.1) is 93.8 Å². The highest BCUT2D eigenvalue weighted by Crippen LogP contribution is 2.40. The first-order valence-electron chi connectivity index (χ1n) is 22.4. The van der Waals surface area contributed by atoms with E-state index in [0.29, 0.717) is 0 Å². The smallest absolute Gasteiger partial charge is 0.217 e. The van der Waals surface area contributed by atoms with E-state index in [1.54, 1.807) is 0 Å². The van der Waals surface area contributed by atoms with Crippen molar-refractivity contribution in [2.24, 2.45) is 23.7 Å². The van der Waals surface area contributed by atoms with Gasteiger partial charge in [-0.15, -0.1) is 0 Å². The van der Waals surface area contributed by atoms with Crippen LogP contribution in [-0.2, 0) is 42.7 Å². The summed E-state index contributed by atoms with van der Waals surface area (Å²) in [5.74, 6) is -6.82. The van der Waals surface area contributed by atoms with Crippen LogP contribution in [0, 0.1) is 23.7 Å². The number of carbonyl (C=O) groups is 2. The van der Waals surface area contributed by atoms with Gasteiger partial charge in [0.1, 0.15) is 73.2 Å². The Balaban J connectivity index is 1.47. The lowest BCUT2D eigenvalue weighted by Crippen LogP contribution is -2.70. The lowest BCUT2D eigenvalue weighted by Gasteiger charge is -2.51. The van der Waals surface area contributed by atoms with Crippen LogP contribution in [0.15, 0.2) is 0 Å². The van der Waals surface area contributed by atoms with Gasteiger partial charge in [0.15, 0.2) is 18.9 Å². The van der Waals surface area contributed by atoms with Gasteiger partial charge in [-0.25, -0.2) is 0 Å². The third-order valence-electron chi connectivity index (χ3n) is 13.5. The molecule has 0 bridgehead atoms. The van der Waals surface area contributed by atoms with Gasteiger partial charge in [0.25, 0.3) is 0 Å². The first kappa shape index (κ1) is 56.9. The summed E-state index contributed by atoms with van der Waals surface area (Å²) in [5, 5.41) is 188. The quantitative estimate of drug-likeness (QED) is 0.0475. The molecule has 24 unspecified atom stereocenters. The normalized spacial score (nSPS) is 45.4. The maximum Gasteiger partial charge on any atom is 0.217 e. The van der Waals surface area contributed by atoms with E-state index in [9.17, 15) is 96.4 Å². The number of hydrogen-bond acceptors (Lipinski definition) is 26. The molecule has 4 aliphatic heterocycles. The number of aliphatic hydroxyl groups is 17. The highest BCUT2D eigenvalue weighted by molar-refractivity contribution is 5.73. The first-order chi connectivity index (χ1) is 32.1. The summed E-state index contributed by atoms with van der Waals surface area (Å²) < 4.78 is 40.9. The maximum atomic E-state index is 12.3. The summed E-state index contributed by atoms with van der Waals surface area (Å²) in [6.07, 6.45) is -39.7. The second kappa shape index (κ2) is 24.6. The van der Waals surface area contributed by atoms with Crippen LogP contribution in [0.1, 0.15) is 27.2 Å². The molecule has 28 atom stereocenters.